The second kappa shape index (κ2) is 3.72. The molecule has 0 radical (unpaired) electrons. The van der Waals surface area contributed by atoms with Gasteiger partial charge < -0.3 is 9.79 Å². The standard InChI is InChI=1S/C5H8F2N3O3P/c6-5(7,1-2-14(11,12)13)4-8-3-9-10-4/h3H,1-2H2,(H,8,9,10)(H2,11,12,13). The Hall–Kier alpha value is -0.850. The van der Waals surface area contributed by atoms with E-state index < -0.39 is 31.9 Å². The highest BCUT2D eigenvalue weighted by Crippen LogP contribution is 2.40. The summed E-state index contributed by atoms with van der Waals surface area (Å²) in [4.78, 5) is 20.0. The SMILES string of the molecule is O=P(O)(O)CCC(F)(F)c1ncn[nH]1. The highest BCUT2D eigenvalue weighted by Gasteiger charge is 2.36. The number of aromatic amines is 1. The maximum atomic E-state index is 13.0. The summed E-state index contributed by atoms with van der Waals surface area (Å²) in [5.41, 5.74) is 0. The van der Waals surface area contributed by atoms with E-state index >= 15 is 0 Å². The third-order valence-corrected chi connectivity index (χ3v) is 2.28. The predicted molar refractivity (Wildman–Crippen MR) is 41.8 cm³/mol. The molecular formula is C5H8F2N3O3P. The van der Waals surface area contributed by atoms with Crippen LogP contribution in [0.5, 0.6) is 0 Å². The molecule has 6 nitrogen and oxygen atoms in total. The Balaban J connectivity index is 2.64. The molecule has 80 valence electrons. The van der Waals surface area contributed by atoms with Crippen LogP contribution in [0.4, 0.5) is 8.78 Å². The highest BCUT2D eigenvalue weighted by molar-refractivity contribution is 7.51. The molecule has 0 bridgehead atoms. The van der Waals surface area contributed by atoms with Gasteiger partial charge in [-0.15, -0.1) is 0 Å². The van der Waals surface area contributed by atoms with Crippen molar-refractivity contribution in [1.29, 1.82) is 0 Å². The summed E-state index contributed by atoms with van der Waals surface area (Å²) < 4.78 is 36.4. The number of H-pyrrole nitrogens is 1. The minimum atomic E-state index is -4.41. The normalized spacial score (nSPS) is 13.1. The van der Waals surface area contributed by atoms with E-state index in [-0.39, 0.29) is 0 Å². The lowest BCUT2D eigenvalue weighted by atomic mass is 10.2. The first-order valence-corrected chi connectivity index (χ1v) is 5.39. The molecule has 0 aromatic carbocycles. The van der Waals surface area contributed by atoms with Crippen molar-refractivity contribution in [3.63, 3.8) is 0 Å². The summed E-state index contributed by atoms with van der Waals surface area (Å²) in [7, 11) is -4.41. The Labute approximate surface area is 77.5 Å². The fourth-order valence-electron chi connectivity index (χ4n) is 0.786. The topological polar surface area (TPSA) is 99.1 Å². The summed E-state index contributed by atoms with van der Waals surface area (Å²) in [5.74, 6) is -4.08. The quantitative estimate of drug-likeness (QED) is 0.649. The molecule has 0 aliphatic heterocycles. The van der Waals surface area contributed by atoms with E-state index in [1.807, 2.05) is 5.10 Å². The summed E-state index contributed by atoms with van der Waals surface area (Å²) in [6.07, 6.45) is -0.951. The molecule has 0 fully saturated rings. The molecule has 0 saturated carbocycles. The average Bonchev–Trinajstić information content (AvgIpc) is 2.52. The lowest BCUT2D eigenvalue weighted by Gasteiger charge is -2.13. The largest absolute Gasteiger partial charge is 0.325 e. The van der Waals surface area contributed by atoms with Gasteiger partial charge in [0.2, 0.25) is 0 Å². The molecular weight excluding hydrogens is 219 g/mol. The van der Waals surface area contributed by atoms with Crippen molar-refractivity contribution in [2.45, 2.75) is 12.3 Å². The zero-order chi connectivity index (χ0) is 10.8. The second-order valence-corrected chi connectivity index (χ2v) is 4.45. The number of alkyl halides is 2. The van der Waals surface area contributed by atoms with Gasteiger partial charge in [0.1, 0.15) is 6.33 Å². The van der Waals surface area contributed by atoms with Gasteiger partial charge in [0.05, 0.1) is 6.16 Å². The van der Waals surface area contributed by atoms with Gasteiger partial charge in [0.15, 0.2) is 5.82 Å². The zero-order valence-corrected chi connectivity index (χ0v) is 7.79. The number of hydrogen-bond donors (Lipinski definition) is 3. The van der Waals surface area contributed by atoms with E-state index in [1.54, 1.807) is 0 Å². The van der Waals surface area contributed by atoms with E-state index in [0.717, 1.165) is 6.33 Å². The molecule has 0 saturated heterocycles. The van der Waals surface area contributed by atoms with Gasteiger partial charge >= 0.3 is 13.5 Å². The zero-order valence-electron chi connectivity index (χ0n) is 6.89. The number of aromatic nitrogens is 3. The van der Waals surface area contributed by atoms with Gasteiger partial charge in [-0.05, 0) is 0 Å². The third kappa shape index (κ3) is 3.13. The fraction of sp³-hybridized carbons (Fsp3) is 0.600. The molecule has 9 heteroatoms. The Morgan fingerprint density at radius 1 is 1.57 bits per heavy atom. The molecule has 0 spiro atoms. The van der Waals surface area contributed by atoms with Crippen LogP contribution in [0.1, 0.15) is 12.2 Å². The first-order valence-electron chi connectivity index (χ1n) is 3.59. The molecule has 1 rings (SSSR count). The van der Waals surface area contributed by atoms with E-state index in [9.17, 15) is 13.3 Å². The number of hydrogen-bond acceptors (Lipinski definition) is 3. The smallest absolute Gasteiger partial charge is 0.324 e. The lowest BCUT2D eigenvalue weighted by Crippen LogP contribution is -2.17. The lowest BCUT2D eigenvalue weighted by molar-refractivity contribution is -0.0174. The third-order valence-electron chi connectivity index (χ3n) is 1.48. The van der Waals surface area contributed by atoms with Crippen LogP contribution < -0.4 is 0 Å². The molecule has 1 aromatic rings. The van der Waals surface area contributed by atoms with E-state index in [4.69, 9.17) is 9.79 Å². The van der Waals surface area contributed by atoms with Crippen LogP contribution in [0, 0.1) is 0 Å². The van der Waals surface area contributed by atoms with Gasteiger partial charge in [0.25, 0.3) is 0 Å². The van der Waals surface area contributed by atoms with Crippen molar-refractivity contribution >= 4 is 7.60 Å². The Bertz CT molecular complexity index is 336. The molecule has 0 aliphatic carbocycles. The van der Waals surface area contributed by atoms with Crippen molar-refractivity contribution in [3.05, 3.63) is 12.2 Å². The molecule has 1 aromatic heterocycles. The van der Waals surface area contributed by atoms with E-state index in [1.165, 1.54) is 0 Å². The number of nitrogens with one attached hydrogen (secondary N) is 1. The number of nitrogens with zero attached hydrogens (tertiary/aromatic N) is 2. The summed E-state index contributed by atoms with van der Waals surface area (Å²) in [6.45, 7) is 0. The van der Waals surface area contributed by atoms with Gasteiger partial charge in [-0.2, -0.15) is 13.9 Å². The van der Waals surface area contributed by atoms with Crippen LogP contribution in [0.3, 0.4) is 0 Å². The second-order valence-electron chi connectivity index (χ2n) is 2.68. The van der Waals surface area contributed by atoms with Crippen LogP contribution in [-0.2, 0) is 10.5 Å². The number of halogens is 2. The van der Waals surface area contributed by atoms with Gasteiger partial charge in [-0.1, -0.05) is 0 Å². The molecule has 3 N–H and O–H groups in total. The fourth-order valence-corrected chi connectivity index (χ4v) is 1.36. The summed E-state index contributed by atoms with van der Waals surface area (Å²) in [6, 6.07) is 0. The van der Waals surface area contributed by atoms with Gasteiger partial charge in [0, 0.05) is 6.42 Å². The summed E-state index contributed by atoms with van der Waals surface area (Å²) >= 11 is 0. The van der Waals surface area contributed by atoms with Crippen molar-refractivity contribution in [2.24, 2.45) is 0 Å². The average molecular weight is 227 g/mol. The highest BCUT2D eigenvalue weighted by atomic mass is 31.2. The molecule has 0 amide bonds. The van der Waals surface area contributed by atoms with Crippen molar-refractivity contribution < 1.29 is 23.1 Å². The Kier molecular flexibility index (Phi) is 2.98. The van der Waals surface area contributed by atoms with Crippen molar-refractivity contribution in [2.75, 3.05) is 6.16 Å². The van der Waals surface area contributed by atoms with Crippen molar-refractivity contribution in [3.8, 4) is 0 Å². The molecule has 0 atom stereocenters. The van der Waals surface area contributed by atoms with Crippen LogP contribution in [0.2, 0.25) is 0 Å². The first-order chi connectivity index (χ1) is 6.31. The van der Waals surface area contributed by atoms with Crippen LogP contribution in [-0.4, -0.2) is 31.1 Å². The minimum Gasteiger partial charge on any atom is -0.324 e. The number of rotatable bonds is 4. The van der Waals surface area contributed by atoms with Gasteiger partial charge in [-0.3, -0.25) is 9.66 Å². The first kappa shape index (κ1) is 11.2. The monoisotopic (exact) mass is 227 g/mol. The van der Waals surface area contributed by atoms with Gasteiger partial charge in [-0.25, -0.2) is 4.98 Å². The van der Waals surface area contributed by atoms with Crippen LogP contribution >= 0.6 is 7.60 Å². The Morgan fingerprint density at radius 2 is 2.21 bits per heavy atom. The molecule has 0 aliphatic rings. The van der Waals surface area contributed by atoms with Crippen LogP contribution in [0.25, 0.3) is 0 Å². The van der Waals surface area contributed by atoms with Crippen molar-refractivity contribution in [1.82, 2.24) is 15.2 Å². The van der Waals surface area contributed by atoms with Crippen LogP contribution in [0.15, 0.2) is 6.33 Å². The summed E-state index contributed by atoms with van der Waals surface area (Å²) in [5, 5.41) is 5.17. The maximum Gasteiger partial charge on any atom is 0.325 e. The Morgan fingerprint density at radius 3 is 2.64 bits per heavy atom. The van der Waals surface area contributed by atoms with E-state index in [0.29, 0.717) is 0 Å². The minimum absolute atomic E-state index is 0.689. The van der Waals surface area contributed by atoms with E-state index in [2.05, 4.69) is 10.1 Å². The molecule has 14 heavy (non-hydrogen) atoms. The molecule has 0 unspecified atom stereocenters. The maximum absolute atomic E-state index is 13.0. The molecule has 1 heterocycles. The predicted octanol–water partition coefficient (Wildman–Crippen LogP) is 0.464.